The van der Waals surface area contributed by atoms with Crippen molar-refractivity contribution in [2.45, 2.75) is 6.42 Å². The average Bonchev–Trinajstić information content (AvgIpc) is 2.41. The van der Waals surface area contributed by atoms with Crippen molar-refractivity contribution in [1.29, 1.82) is 0 Å². The van der Waals surface area contributed by atoms with Gasteiger partial charge >= 0.3 is 0 Å². The first kappa shape index (κ1) is 10.7. The Balaban J connectivity index is 2.36. The number of aromatic nitrogens is 2. The lowest BCUT2D eigenvalue weighted by Crippen LogP contribution is -1.91. The third kappa shape index (κ3) is 1.61. The molecule has 88 valence electrons. The summed E-state index contributed by atoms with van der Waals surface area (Å²) in [5.74, 6) is 0.200. The van der Waals surface area contributed by atoms with Crippen LogP contribution in [0.1, 0.15) is 5.56 Å². The van der Waals surface area contributed by atoms with Gasteiger partial charge in [-0.1, -0.05) is 24.3 Å². The van der Waals surface area contributed by atoms with E-state index in [1.165, 1.54) is 0 Å². The minimum Gasteiger partial charge on any atom is -0.505 e. The second kappa shape index (κ2) is 4.11. The van der Waals surface area contributed by atoms with Crippen molar-refractivity contribution in [3.05, 3.63) is 54.6 Å². The summed E-state index contributed by atoms with van der Waals surface area (Å²) in [5, 5.41) is 10.2. The van der Waals surface area contributed by atoms with Crippen LogP contribution in [-0.2, 0) is 6.42 Å². The Hall–Kier alpha value is -2.42. The molecule has 0 radical (unpaired) electrons. The maximum Gasteiger partial charge on any atom is 0.146 e. The molecule has 0 atom stereocenters. The Morgan fingerprint density at radius 3 is 2.44 bits per heavy atom. The summed E-state index contributed by atoms with van der Waals surface area (Å²) in [6.45, 7) is 3.68. The van der Waals surface area contributed by atoms with Crippen LogP contribution in [0.3, 0.4) is 0 Å². The van der Waals surface area contributed by atoms with E-state index in [9.17, 15) is 5.11 Å². The molecule has 0 aliphatic rings. The molecule has 0 unspecified atom stereocenters. The zero-order valence-electron chi connectivity index (χ0n) is 9.80. The van der Waals surface area contributed by atoms with Crippen molar-refractivity contribution in [2.24, 2.45) is 0 Å². The van der Waals surface area contributed by atoms with Crippen molar-refractivity contribution >= 4 is 22.1 Å². The fourth-order valence-corrected chi connectivity index (χ4v) is 2.03. The predicted octanol–water partition coefficient (Wildman–Crippen LogP) is 3.22. The molecule has 1 heterocycles. The van der Waals surface area contributed by atoms with Gasteiger partial charge in [-0.15, -0.1) is 6.58 Å². The number of aromatic hydroxyl groups is 1. The van der Waals surface area contributed by atoms with Crippen molar-refractivity contribution in [3.63, 3.8) is 0 Å². The Labute approximate surface area is 104 Å². The molecule has 0 amide bonds. The highest BCUT2D eigenvalue weighted by Crippen LogP contribution is 2.28. The van der Waals surface area contributed by atoms with E-state index in [2.05, 4.69) is 16.5 Å². The molecule has 2 aromatic carbocycles. The van der Waals surface area contributed by atoms with Crippen LogP contribution < -0.4 is 0 Å². The molecule has 0 aliphatic heterocycles. The minimum atomic E-state index is 0.200. The Kier molecular flexibility index (Phi) is 2.45. The van der Waals surface area contributed by atoms with E-state index in [0.29, 0.717) is 17.5 Å². The first-order valence-electron chi connectivity index (χ1n) is 5.78. The van der Waals surface area contributed by atoms with Gasteiger partial charge in [-0.2, -0.15) is 0 Å². The highest BCUT2D eigenvalue weighted by atomic mass is 16.3. The number of hydrogen-bond acceptors (Lipinski definition) is 3. The number of phenols is 1. The number of nitrogens with zero attached hydrogens (tertiary/aromatic N) is 2. The maximum atomic E-state index is 10.2. The van der Waals surface area contributed by atoms with E-state index >= 15 is 0 Å². The van der Waals surface area contributed by atoms with Gasteiger partial charge in [-0.25, -0.2) is 9.97 Å². The first-order valence-corrected chi connectivity index (χ1v) is 5.78. The molecule has 0 saturated carbocycles. The smallest absolute Gasteiger partial charge is 0.146 e. The largest absolute Gasteiger partial charge is 0.505 e. The monoisotopic (exact) mass is 236 g/mol. The lowest BCUT2D eigenvalue weighted by molar-refractivity contribution is 0.475. The van der Waals surface area contributed by atoms with Crippen molar-refractivity contribution in [1.82, 2.24) is 9.97 Å². The van der Waals surface area contributed by atoms with Gasteiger partial charge in [0.2, 0.25) is 0 Å². The van der Waals surface area contributed by atoms with Gasteiger partial charge in [-0.05, 0) is 24.6 Å². The molecular weight excluding hydrogens is 224 g/mol. The molecule has 0 aliphatic carbocycles. The predicted molar refractivity (Wildman–Crippen MR) is 72.6 cm³/mol. The number of benzene rings is 2. The molecule has 0 spiro atoms. The fourth-order valence-electron chi connectivity index (χ4n) is 2.03. The molecule has 3 nitrogen and oxygen atoms in total. The number of hydrogen-bond donors (Lipinski definition) is 1. The Morgan fingerprint density at radius 1 is 1.00 bits per heavy atom. The summed E-state index contributed by atoms with van der Waals surface area (Å²) >= 11 is 0. The molecule has 3 rings (SSSR count). The number of phenolic OH excluding ortho intramolecular Hbond substituents is 1. The zero-order valence-corrected chi connectivity index (χ0v) is 9.80. The molecule has 18 heavy (non-hydrogen) atoms. The van der Waals surface area contributed by atoms with Gasteiger partial charge in [-0.3, -0.25) is 0 Å². The molecule has 1 aromatic heterocycles. The van der Waals surface area contributed by atoms with Gasteiger partial charge in [0, 0.05) is 5.56 Å². The maximum absolute atomic E-state index is 10.2. The number of allylic oxidation sites excluding steroid dienone is 1. The van der Waals surface area contributed by atoms with Gasteiger partial charge in [0.15, 0.2) is 0 Å². The van der Waals surface area contributed by atoms with Gasteiger partial charge in [0.25, 0.3) is 0 Å². The average molecular weight is 236 g/mol. The van der Waals surface area contributed by atoms with E-state index in [0.717, 1.165) is 16.6 Å². The topological polar surface area (TPSA) is 46.0 Å². The zero-order chi connectivity index (χ0) is 12.5. The van der Waals surface area contributed by atoms with Crippen LogP contribution in [0.25, 0.3) is 22.1 Å². The lowest BCUT2D eigenvalue weighted by atomic mass is 10.1. The Morgan fingerprint density at radius 2 is 1.72 bits per heavy atom. The van der Waals surface area contributed by atoms with Crippen LogP contribution in [0, 0.1) is 0 Å². The van der Waals surface area contributed by atoms with Crippen molar-refractivity contribution < 1.29 is 5.11 Å². The molecule has 1 N–H and O–H groups in total. The second-order valence-corrected chi connectivity index (χ2v) is 4.15. The summed E-state index contributed by atoms with van der Waals surface area (Å²) in [6.07, 6.45) is 2.38. The third-order valence-electron chi connectivity index (χ3n) is 2.93. The molecule has 3 heteroatoms. The van der Waals surface area contributed by atoms with Crippen LogP contribution in [0.2, 0.25) is 0 Å². The van der Waals surface area contributed by atoms with E-state index < -0.39 is 0 Å². The summed E-state index contributed by atoms with van der Waals surface area (Å²) in [5.41, 5.74) is 3.70. The summed E-state index contributed by atoms with van der Waals surface area (Å²) in [7, 11) is 0. The van der Waals surface area contributed by atoms with Crippen LogP contribution in [-0.4, -0.2) is 15.1 Å². The standard InChI is InChI=1S/C15H12N2O/c1-2-5-10-8-9-13-14(15(10)18)17-12-7-4-3-6-11(12)16-13/h2-4,6-9,18H,1,5H2. The molecule has 0 bridgehead atoms. The molecule has 3 aromatic rings. The van der Waals surface area contributed by atoms with Crippen LogP contribution in [0.5, 0.6) is 5.75 Å². The third-order valence-corrected chi connectivity index (χ3v) is 2.93. The van der Waals surface area contributed by atoms with E-state index in [4.69, 9.17) is 0 Å². The van der Waals surface area contributed by atoms with Crippen LogP contribution >= 0.6 is 0 Å². The second-order valence-electron chi connectivity index (χ2n) is 4.15. The quantitative estimate of drug-likeness (QED) is 0.549. The SMILES string of the molecule is C=CCc1ccc2nc3ccccc3nc2c1O. The summed E-state index contributed by atoms with van der Waals surface area (Å²) < 4.78 is 0. The Bertz CT molecular complexity index is 750. The van der Waals surface area contributed by atoms with E-state index in [1.54, 1.807) is 6.08 Å². The highest BCUT2D eigenvalue weighted by molar-refractivity contribution is 5.90. The van der Waals surface area contributed by atoms with Crippen LogP contribution in [0.4, 0.5) is 0 Å². The summed E-state index contributed by atoms with van der Waals surface area (Å²) in [4.78, 5) is 8.96. The first-order chi connectivity index (χ1) is 8.79. The summed E-state index contributed by atoms with van der Waals surface area (Å²) in [6, 6.07) is 11.4. The molecular formula is C15H12N2O. The van der Waals surface area contributed by atoms with Gasteiger partial charge in [0.1, 0.15) is 11.3 Å². The fraction of sp³-hybridized carbons (Fsp3) is 0.0667. The molecule has 0 fully saturated rings. The lowest BCUT2D eigenvalue weighted by Gasteiger charge is -2.06. The number of fused-ring (bicyclic) bond motifs is 2. The normalized spacial score (nSPS) is 10.9. The highest BCUT2D eigenvalue weighted by Gasteiger charge is 2.09. The van der Waals surface area contributed by atoms with Gasteiger partial charge in [0.05, 0.1) is 16.6 Å². The number of para-hydroxylation sites is 2. The van der Waals surface area contributed by atoms with E-state index in [1.807, 2.05) is 36.4 Å². The molecule has 0 saturated heterocycles. The minimum absolute atomic E-state index is 0.200. The van der Waals surface area contributed by atoms with E-state index in [-0.39, 0.29) is 5.75 Å². The number of rotatable bonds is 2. The van der Waals surface area contributed by atoms with Gasteiger partial charge < -0.3 is 5.11 Å². The van der Waals surface area contributed by atoms with Crippen molar-refractivity contribution in [3.8, 4) is 5.75 Å². The van der Waals surface area contributed by atoms with Crippen molar-refractivity contribution in [2.75, 3.05) is 0 Å². The van der Waals surface area contributed by atoms with Crippen LogP contribution in [0.15, 0.2) is 49.1 Å².